The zero-order valence-corrected chi connectivity index (χ0v) is 11.8. The molecule has 1 aliphatic carbocycles. The Morgan fingerprint density at radius 2 is 1.71 bits per heavy atom. The second kappa shape index (κ2) is 5.60. The first-order valence-electron chi connectivity index (χ1n) is 6.71. The van der Waals surface area contributed by atoms with E-state index in [4.69, 9.17) is 11.6 Å². The normalized spacial score (nSPS) is 15.8. The fourth-order valence-electron chi connectivity index (χ4n) is 2.40. The molecule has 1 aliphatic rings. The molecule has 0 bridgehead atoms. The lowest BCUT2D eigenvalue weighted by atomic mass is 10.0. The van der Waals surface area contributed by atoms with Crippen molar-refractivity contribution in [1.82, 2.24) is 0 Å². The Labute approximate surface area is 125 Å². The summed E-state index contributed by atoms with van der Waals surface area (Å²) >= 11 is 5.86. The van der Waals surface area contributed by atoms with E-state index in [9.17, 15) is 13.2 Å². The van der Waals surface area contributed by atoms with Gasteiger partial charge in [-0.25, -0.2) is 13.2 Å². The summed E-state index contributed by atoms with van der Waals surface area (Å²) < 4.78 is 40.3. The number of nitrogens with one attached hydrogen (secondary N) is 1. The largest absolute Gasteiger partial charge is 0.375 e. The van der Waals surface area contributed by atoms with Gasteiger partial charge in [0, 0.05) is 17.2 Å². The quantitative estimate of drug-likeness (QED) is 0.753. The zero-order valence-electron chi connectivity index (χ0n) is 11.0. The number of hydrogen-bond donors (Lipinski definition) is 1. The van der Waals surface area contributed by atoms with Gasteiger partial charge in [-0.1, -0.05) is 23.7 Å². The topological polar surface area (TPSA) is 12.0 Å². The molecule has 1 atom stereocenters. The summed E-state index contributed by atoms with van der Waals surface area (Å²) in [6.45, 7) is 0. The molecular weight excluding hydrogens is 299 g/mol. The molecule has 110 valence electrons. The van der Waals surface area contributed by atoms with Gasteiger partial charge in [0.15, 0.2) is 11.6 Å². The van der Waals surface area contributed by atoms with Gasteiger partial charge in [0.05, 0.1) is 11.7 Å². The highest BCUT2D eigenvalue weighted by atomic mass is 35.5. The molecule has 1 nitrogen and oxygen atoms in total. The molecule has 0 saturated heterocycles. The zero-order chi connectivity index (χ0) is 15.0. The molecule has 1 saturated carbocycles. The lowest BCUT2D eigenvalue weighted by Gasteiger charge is -2.21. The third kappa shape index (κ3) is 3.16. The van der Waals surface area contributed by atoms with Crippen molar-refractivity contribution in [2.75, 3.05) is 5.32 Å². The van der Waals surface area contributed by atoms with E-state index < -0.39 is 17.5 Å². The van der Waals surface area contributed by atoms with Crippen LogP contribution in [0, 0.1) is 23.4 Å². The van der Waals surface area contributed by atoms with Crippen molar-refractivity contribution in [3.63, 3.8) is 0 Å². The van der Waals surface area contributed by atoms with Crippen molar-refractivity contribution < 1.29 is 13.2 Å². The maximum absolute atomic E-state index is 13.8. The number of rotatable bonds is 4. The molecule has 5 heteroatoms. The summed E-state index contributed by atoms with van der Waals surface area (Å²) in [7, 11) is 0. The lowest BCUT2D eigenvalue weighted by molar-refractivity contribution is 0.495. The molecule has 21 heavy (non-hydrogen) atoms. The number of hydrogen-bond acceptors (Lipinski definition) is 1. The van der Waals surface area contributed by atoms with Crippen molar-refractivity contribution in [2.24, 2.45) is 5.92 Å². The molecule has 0 radical (unpaired) electrons. The molecule has 0 amide bonds. The predicted molar refractivity (Wildman–Crippen MR) is 76.9 cm³/mol. The second-order valence-corrected chi connectivity index (χ2v) is 5.70. The average molecular weight is 312 g/mol. The van der Waals surface area contributed by atoms with Gasteiger partial charge in [-0.15, -0.1) is 0 Å². The Balaban J connectivity index is 1.91. The predicted octanol–water partition coefficient (Wildman–Crippen LogP) is 5.32. The minimum atomic E-state index is -1.19. The summed E-state index contributed by atoms with van der Waals surface area (Å²) in [4.78, 5) is 0. The Hall–Kier alpha value is -1.68. The van der Waals surface area contributed by atoms with Crippen LogP contribution >= 0.6 is 11.6 Å². The second-order valence-electron chi connectivity index (χ2n) is 5.26. The van der Waals surface area contributed by atoms with E-state index in [0.29, 0.717) is 17.0 Å². The highest BCUT2D eigenvalue weighted by molar-refractivity contribution is 6.30. The van der Waals surface area contributed by atoms with Crippen LogP contribution < -0.4 is 5.32 Å². The van der Waals surface area contributed by atoms with E-state index in [0.717, 1.165) is 24.5 Å². The standard InChI is InChI=1S/C16H13ClF3N/c17-11-5-3-10(4-6-11)16(9-1-2-9)21-14-8-12(18)7-13(19)15(14)20/h3-9,16,21H,1-2H2. The number of anilines is 1. The maximum Gasteiger partial charge on any atom is 0.182 e. The summed E-state index contributed by atoms with van der Waals surface area (Å²) in [6.07, 6.45) is 2.00. The first-order chi connectivity index (χ1) is 10.0. The van der Waals surface area contributed by atoms with E-state index in [1.807, 2.05) is 12.1 Å². The minimum Gasteiger partial charge on any atom is -0.375 e. The van der Waals surface area contributed by atoms with Crippen LogP contribution in [-0.4, -0.2) is 0 Å². The van der Waals surface area contributed by atoms with Crippen molar-refractivity contribution in [3.05, 3.63) is 64.4 Å². The van der Waals surface area contributed by atoms with Crippen LogP contribution in [-0.2, 0) is 0 Å². The van der Waals surface area contributed by atoms with Crippen LogP contribution in [0.2, 0.25) is 5.02 Å². The SMILES string of the molecule is Fc1cc(F)c(F)c(NC(c2ccc(Cl)cc2)C2CC2)c1. The fraction of sp³-hybridized carbons (Fsp3) is 0.250. The number of halogens is 4. The van der Waals surface area contributed by atoms with Crippen molar-refractivity contribution >= 4 is 17.3 Å². The van der Waals surface area contributed by atoms with Gasteiger partial charge in [-0.3, -0.25) is 0 Å². The van der Waals surface area contributed by atoms with Crippen LogP contribution in [0.25, 0.3) is 0 Å². The van der Waals surface area contributed by atoms with Crippen LogP contribution in [0.3, 0.4) is 0 Å². The van der Waals surface area contributed by atoms with Gasteiger partial charge in [-0.05, 0) is 36.5 Å². The maximum atomic E-state index is 13.8. The highest BCUT2D eigenvalue weighted by Gasteiger charge is 2.33. The molecule has 1 fully saturated rings. The monoisotopic (exact) mass is 311 g/mol. The summed E-state index contributed by atoms with van der Waals surface area (Å²) in [5.41, 5.74) is 0.769. The summed E-state index contributed by atoms with van der Waals surface area (Å²) in [5, 5.41) is 3.54. The Morgan fingerprint density at radius 1 is 1.05 bits per heavy atom. The first-order valence-corrected chi connectivity index (χ1v) is 7.09. The molecule has 2 aromatic carbocycles. The number of benzene rings is 2. The summed E-state index contributed by atoms with van der Waals surface area (Å²) in [6, 6.07) is 8.50. The van der Waals surface area contributed by atoms with E-state index in [-0.39, 0.29) is 11.7 Å². The van der Waals surface area contributed by atoms with Gasteiger partial charge in [0.1, 0.15) is 5.82 Å². The fourth-order valence-corrected chi connectivity index (χ4v) is 2.53. The lowest BCUT2D eigenvalue weighted by Crippen LogP contribution is -2.14. The molecule has 3 rings (SSSR count). The first kappa shape index (κ1) is 14.3. The van der Waals surface area contributed by atoms with Gasteiger partial charge < -0.3 is 5.32 Å². The third-order valence-corrected chi connectivity index (χ3v) is 3.88. The van der Waals surface area contributed by atoms with Crippen LogP contribution in [0.5, 0.6) is 0 Å². The van der Waals surface area contributed by atoms with Gasteiger partial charge in [0.2, 0.25) is 0 Å². The van der Waals surface area contributed by atoms with Crippen LogP contribution in [0.4, 0.5) is 18.9 Å². The summed E-state index contributed by atoms with van der Waals surface area (Å²) in [5.74, 6) is -2.72. The third-order valence-electron chi connectivity index (χ3n) is 3.63. The molecule has 1 N–H and O–H groups in total. The van der Waals surface area contributed by atoms with Crippen molar-refractivity contribution in [3.8, 4) is 0 Å². The van der Waals surface area contributed by atoms with E-state index in [1.54, 1.807) is 12.1 Å². The molecule has 2 aromatic rings. The molecule has 1 unspecified atom stereocenters. The highest BCUT2D eigenvalue weighted by Crippen LogP contribution is 2.43. The van der Waals surface area contributed by atoms with E-state index >= 15 is 0 Å². The minimum absolute atomic E-state index is 0.153. The van der Waals surface area contributed by atoms with E-state index in [1.165, 1.54) is 0 Å². The van der Waals surface area contributed by atoms with Gasteiger partial charge in [0.25, 0.3) is 0 Å². The van der Waals surface area contributed by atoms with Crippen LogP contribution in [0.15, 0.2) is 36.4 Å². The Bertz CT molecular complexity index is 653. The molecular formula is C16H13ClF3N. The molecule has 0 aromatic heterocycles. The van der Waals surface area contributed by atoms with Crippen LogP contribution in [0.1, 0.15) is 24.4 Å². The average Bonchev–Trinajstić information content (AvgIpc) is 3.27. The smallest absolute Gasteiger partial charge is 0.182 e. The molecule has 0 heterocycles. The molecule has 0 spiro atoms. The van der Waals surface area contributed by atoms with Gasteiger partial charge in [-0.2, -0.15) is 0 Å². The Kier molecular flexibility index (Phi) is 3.81. The van der Waals surface area contributed by atoms with Crippen molar-refractivity contribution in [2.45, 2.75) is 18.9 Å². The van der Waals surface area contributed by atoms with E-state index in [2.05, 4.69) is 5.32 Å². The molecule has 0 aliphatic heterocycles. The Morgan fingerprint density at radius 3 is 2.33 bits per heavy atom. The van der Waals surface area contributed by atoms with Crippen molar-refractivity contribution in [1.29, 1.82) is 0 Å². The van der Waals surface area contributed by atoms with Gasteiger partial charge >= 0.3 is 0 Å².